The standard InChI is InChI=1S/C18H29N4O2S2/c1-5-10-25-26-19-16(14-8-7-9-21(4)11-14)17(20-26)22-15(13(3)6-2)12-24-18(22)23/h8,13,15H,5-7,9-12H2,1-4H3/q+1. The molecule has 0 N–H and O–H groups in total. The number of aromatic nitrogens is 2. The van der Waals surface area contributed by atoms with E-state index < -0.39 is 9.89 Å². The molecule has 0 bridgehead atoms. The Hall–Kier alpha value is -1.12. The summed E-state index contributed by atoms with van der Waals surface area (Å²) in [5, 5.41) is 0. The van der Waals surface area contributed by atoms with Gasteiger partial charge in [0.1, 0.15) is 6.61 Å². The van der Waals surface area contributed by atoms with Crippen molar-refractivity contribution in [2.75, 3.05) is 37.4 Å². The second-order valence-corrected chi connectivity index (χ2v) is 10.1. The van der Waals surface area contributed by atoms with Crippen molar-refractivity contribution in [3.63, 3.8) is 0 Å². The second kappa shape index (κ2) is 8.71. The van der Waals surface area contributed by atoms with Gasteiger partial charge in [-0.1, -0.05) is 33.3 Å². The van der Waals surface area contributed by atoms with Crippen LogP contribution in [0.3, 0.4) is 0 Å². The molecule has 3 heterocycles. The number of amides is 1. The van der Waals surface area contributed by atoms with Crippen molar-refractivity contribution in [3.8, 4) is 0 Å². The van der Waals surface area contributed by atoms with Crippen molar-refractivity contribution in [1.29, 1.82) is 0 Å². The molecule has 0 spiro atoms. The molecule has 3 unspecified atom stereocenters. The van der Waals surface area contributed by atoms with Gasteiger partial charge in [0.05, 0.1) is 11.8 Å². The summed E-state index contributed by atoms with van der Waals surface area (Å²) in [6.07, 6.45) is 5.08. The van der Waals surface area contributed by atoms with Crippen LogP contribution in [0.5, 0.6) is 0 Å². The monoisotopic (exact) mass is 397 g/mol. The minimum atomic E-state index is -0.458. The highest BCUT2D eigenvalue weighted by Gasteiger charge is 2.43. The molecule has 1 aromatic rings. The summed E-state index contributed by atoms with van der Waals surface area (Å²) in [5.41, 5.74) is 2.09. The summed E-state index contributed by atoms with van der Waals surface area (Å²) in [5.74, 6) is 2.11. The first-order valence-corrected chi connectivity index (χ1v) is 12.1. The Labute approximate surface area is 162 Å². The van der Waals surface area contributed by atoms with Crippen LogP contribution in [0.15, 0.2) is 6.08 Å². The molecule has 0 aromatic carbocycles. The first-order chi connectivity index (χ1) is 12.5. The molecule has 1 aromatic heterocycles. The maximum atomic E-state index is 12.5. The molecule has 0 radical (unpaired) electrons. The lowest BCUT2D eigenvalue weighted by Gasteiger charge is -2.25. The van der Waals surface area contributed by atoms with Crippen molar-refractivity contribution in [2.24, 2.45) is 5.92 Å². The minimum Gasteiger partial charge on any atom is -0.447 e. The van der Waals surface area contributed by atoms with Crippen LogP contribution in [-0.4, -0.2) is 58.3 Å². The lowest BCUT2D eigenvalue weighted by molar-refractivity contribution is 0.176. The SMILES string of the molecule is CCCS[s+]1nc(C2=CCCN(C)C2)c(N2C(=O)OCC2C(C)CC)n1. The van der Waals surface area contributed by atoms with E-state index >= 15 is 0 Å². The molecule has 8 heteroatoms. The van der Waals surface area contributed by atoms with Crippen LogP contribution in [0, 0.1) is 5.92 Å². The number of carbonyl (C=O) groups is 1. The Morgan fingerprint density at radius 3 is 2.92 bits per heavy atom. The number of nitrogens with zero attached hydrogens (tertiary/aromatic N) is 4. The largest absolute Gasteiger partial charge is 0.447 e. The zero-order chi connectivity index (χ0) is 18.7. The van der Waals surface area contributed by atoms with Crippen molar-refractivity contribution in [2.45, 2.75) is 46.1 Å². The van der Waals surface area contributed by atoms with Gasteiger partial charge in [0.25, 0.3) is 9.89 Å². The van der Waals surface area contributed by atoms with Crippen molar-refractivity contribution < 1.29 is 9.53 Å². The topological polar surface area (TPSA) is 58.6 Å². The zero-order valence-corrected chi connectivity index (χ0v) is 17.7. The number of anilines is 1. The van der Waals surface area contributed by atoms with Crippen molar-refractivity contribution in [1.82, 2.24) is 13.6 Å². The predicted octanol–water partition coefficient (Wildman–Crippen LogP) is 4.22. The van der Waals surface area contributed by atoms with Gasteiger partial charge in [0.15, 0.2) is 16.5 Å². The zero-order valence-electron chi connectivity index (χ0n) is 16.1. The Kier molecular flexibility index (Phi) is 6.58. The second-order valence-electron chi connectivity index (χ2n) is 7.06. The highest BCUT2D eigenvalue weighted by atomic mass is 33.1. The van der Waals surface area contributed by atoms with Gasteiger partial charge in [-0.05, 0) is 31.4 Å². The first-order valence-electron chi connectivity index (χ1n) is 9.44. The third-order valence-electron chi connectivity index (χ3n) is 5.02. The van der Waals surface area contributed by atoms with E-state index in [0.29, 0.717) is 12.5 Å². The van der Waals surface area contributed by atoms with Crippen molar-refractivity contribution in [3.05, 3.63) is 11.8 Å². The Bertz CT molecular complexity index is 676. The molecular weight excluding hydrogens is 368 g/mol. The number of ether oxygens (including phenoxy) is 1. The van der Waals surface area contributed by atoms with Gasteiger partial charge in [0, 0.05) is 21.8 Å². The molecular formula is C18H29N4O2S2+. The van der Waals surface area contributed by atoms with E-state index in [-0.39, 0.29) is 12.1 Å². The van der Waals surface area contributed by atoms with E-state index in [1.54, 1.807) is 15.7 Å². The van der Waals surface area contributed by atoms with Crippen LogP contribution < -0.4 is 4.90 Å². The Morgan fingerprint density at radius 2 is 2.23 bits per heavy atom. The van der Waals surface area contributed by atoms with Crippen LogP contribution in [0.1, 0.15) is 45.7 Å². The van der Waals surface area contributed by atoms with E-state index in [4.69, 9.17) is 13.5 Å². The first kappa shape index (κ1) is 19.6. The number of rotatable bonds is 7. The summed E-state index contributed by atoms with van der Waals surface area (Å²) in [7, 11) is 3.43. The number of hydrogen-bond acceptors (Lipinski definition) is 6. The quantitative estimate of drug-likeness (QED) is 0.507. The molecule has 2 aliphatic rings. The number of cyclic esters (lactones) is 1. The maximum absolute atomic E-state index is 12.5. The molecule has 0 saturated carbocycles. The summed E-state index contributed by atoms with van der Waals surface area (Å²) >= 11 is 0. The highest BCUT2D eigenvalue weighted by molar-refractivity contribution is 8.43. The molecule has 1 fully saturated rings. The summed E-state index contributed by atoms with van der Waals surface area (Å²) in [6.45, 7) is 8.83. The van der Waals surface area contributed by atoms with Crippen LogP contribution >= 0.6 is 20.7 Å². The summed E-state index contributed by atoms with van der Waals surface area (Å²) in [4.78, 5) is 16.6. The smallest absolute Gasteiger partial charge is 0.416 e. The number of likely N-dealkylation sites (N-methyl/N-ethyl adjacent to an activating group) is 1. The van der Waals surface area contributed by atoms with E-state index in [0.717, 1.165) is 49.6 Å². The molecule has 1 saturated heterocycles. The minimum absolute atomic E-state index is 0.0399. The lowest BCUT2D eigenvalue weighted by Crippen LogP contribution is -2.39. The van der Waals surface area contributed by atoms with Crippen molar-refractivity contribution >= 4 is 38.2 Å². The molecule has 2 aliphatic heterocycles. The van der Waals surface area contributed by atoms with Gasteiger partial charge >= 0.3 is 6.09 Å². The molecule has 144 valence electrons. The normalized spacial score (nSPS) is 23.2. The van der Waals surface area contributed by atoms with E-state index in [9.17, 15) is 4.79 Å². The van der Waals surface area contributed by atoms with Gasteiger partial charge < -0.3 is 9.64 Å². The molecule has 3 atom stereocenters. The van der Waals surface area contributed by atoms with E-state index in [1.165, 1.54) is 5.57 Å². The van der Waals surface area contributed by atoms with Gasteiger partial charge in [-0.3, -0.25) is 0 Å². The van der Waals surface area contributed by atoms with E-state index in [2.05, 4.69) is 38.8 Å². The lowest BCUT2D eigenvalue weighted by atomic mass is 9.98. The van der Waals surface area contributed by atoms with E-state index in [1.807, 2.05) is 0 Å². The average Bonchev–Trinajstić information content (AvgIpc) is 3.22. The molecule has 3 rings (SSSR count). The Morgan fingerprint density at radius 1 is 1.42 bits per heavy atom. The van der Waals surface area contributed by atoms with Gasteiger partial charge in [-0.15, -0.1) is 0 Å². The molecule has 1 amide bonds. The highest BCUT2D eigenvalue weighted by Crippen LogP contribution is 2.39. The third kappa shape index (κ3) is 4.07. The molecule has 0 aliphatic carbocycles. The molecule has 6 nitrogen and oxygen atoms in total. The van der Waals surface area contributed by atoms with Crippen LogP contribution in [0.25, 0.3) is 5.57 Å². The summed E-state index contributed by atoms with van der Waals surface area (Å²) in [6, 6.07) is 0.0399. The fourth-order valence-corrected chi connectivity index (χ4v) is 6.10. The van der Waals surface area contributed by atoms with Gasteiger partial charge in [-0.25, -0.2) is 9.69 Å². The van der Waals surface area contributed by atoms with Crippen LogP contribution in [-0.2, 0) is 4.74 Å². The average molecular weight is 398 g/mol. The third-order valence-corrected chi connectivity index (χ3v) is 8.05. The van der Waals surface area contributed by atoms with Crippen LogP contribution in [0.4, 0.5) is 10.6 Å². The van der Waals surface area contributed by atoms with Gasteiger partial charge in [0.2, 0.25) is 5.82 Å². The summed E-state index contributed by atoms with van der Waals surface area (Å²) < 4.78 is 15.2. The molecule has 26 heavy (non-hydrogen) atoms. The predicted molar refractivity (Wildman–Crippen MR) is 110 cm³/mol. The Balaban J connectivity index is 1.99. The number of hydrogen-bond donors (Lipinski definition) is 0. The van der Waals surface area contributed by atoms with Gasteiger partial charge in [-0.2, -0.15) is 0 Å². The van der Waals surface area contributed by atoms with Crippen LogP contribution in [0.2, 0.25) is 0 Å². The fraction of sp³-hybridized carbons (Fsp3) is 0.722. The number of carbonyl (C=O) groups excluding carboxylic acids is 1. The maximum Gasteiger partial charge on any atom is 0.416 e. The fourth-order valence-electron chi connectivity index (χ4n) is 3.26.